The molecule has 0 bridgehead atoms. The summed E-state index contributed by atoms with van der Waals surface area (Å²) in [6.07, 6.45) is 2.30. The lowest BCUT2D eigenvalue weighted by atomic mass is 10.2. The van der Waals surface area contributed by atoms with Gasteiger partial charge < -0.3 is 10.1 Å². The molecular formula is C13H16N6O2S. The molecule has 0 aliphatic heterocycles. The fraction of sp³-hybridized carbons (Fsp3) is 0.385. The average molecular weight is 320 g/mol. The van der Waals surface area contributed by atoms with Gasteiger partial charge in [-0.15, -0.1) is 5.10 Å². The number of hydrogen-bond donors (Lipinski definition) is 1. The molecule has 3 aromatic rings. The molecular weight excluding hydrogens is 304 g/mol. The molecule has 0 radical (unpaired) electrons. The minimum Gasteiger partial charge on any atom is -0.481 e. The minimum atomic E-state index is -0.192. The maximum Gasteiger partial charge on any atom is 0.275 e. The first-order valence-corrected chi connectivity index (χ1v) is 7.63. The van der Waals surface area contributed by atoms with Crippen molar-refractivity contribution in [3.63, 3.8) is 0 Å². The van der Waals surface area contributed by atoms with E-state index in [0.717, 1.165) is 23.6 Å². The Balaban J connectivity index is 1.88. The van der Waals surface area contributed by atoms with E-state index in [4.69, 9.17) is 4.74 Å². The van der Waals surface area contributed by atoms with E-state index >= 15 is 0 Å². The van der Waals surface area contributed by atoms with E-state index in [9.17, 15) is 4.79 Å². The predicted octanol–water partition coefficient (Wildman–Crippen LogP) is 1.07. The molecule has 0 atom stereocenters. The van der Waals surface area contributed by atoms with Crippen LogP contribution in [0, 0.1) is 0 Å². The summed E-state index contributed by atoms with van der Waals surface area (Å²) in [6.45, 7) is 2.57. The molecule has 1 N–H and O–H groups in total. The highest BCUT2D eigenvalue weighted by atomic mass is 32.1. The van der Waals surface area contributed by atoms with Crippen LogP contribution in [0.25, 0.3) is 4.96 Å². The third-order valence-corrected chi connectivity index (χ3v) is 4.17. The van der Waals surface area contributed by atoms with Gasteiger partial charge in [0.05, 0.1) is 18.4 Å². The molecule has 3 aromatic heterocycles. The largest absolute Gasteiger partial charge is 0.481 e. The Labute approximate surface area is 130 Å². The van der Waals surface area contributed by atoms with Gasteiger partial charge in [-0.25, -0.2) is 9.67 Å². The quantitative estimate of drug-likeness (QED) is 0.757. The molecule has 0 amide bonds. The number of fused-ring (bicyclic) bond motifs is 1. The Morgan fingerprint density at radius 2 is 2.23 bits per heavy atom. The first-order chi connectivity index (χ1) is 10.6. The number of hydrogen-bond acceptors (Lipinski definition) is 7. The molecule has 0 spiro atoms. The molecule has 0 saturated carbocycles. The fourth-order valence-electron chi connectivity index (χ4n) is 2.30. The normalized spacial score (nSPS) is 11.0. The van der Waals surface area contributed by atoms with Crippen LogP contribution in [-0.2, 0) is 20.0 Å². The Bertz CT molecular complexity index is 865. The average Bonchev–Trinajstić information content (AvgIpc) is 3.06. The van der Waals surface area contributed by atoms with E-state index in [-0.39, 0.29) is 5.56 Å². The van der Waals surface area contributed by atoms with Crippen LogP contribution in [0.3, 0.4) is 0 Å². The van der Waals surface area contributed by atoms with Gasteiger partial charge in [0.15, 0.2) is 0 Å². The smallest absolute Gasteiger partial charge is 0.275 e. The van der Waals surface area contributed by atoms with E-state index in [0.29, 0.717) is 16.6 Å². The topological polar surface area (TPSA) is 86.3 Å². The van der Waals surface area contributed by atoms with Crippen molar-refractivity contribution in [2.24, 2.45) is 7.05 Å². The van der Waals surface area contributed by atoms with Crippen LogP contribution in [0.1, 0.15) is 18.2 Å². The fourth-order valence-corrected chi connectivity index (χ4v) is 3.07. The zero-order valence-electron chi connectivity index (χ0n) is 12.5. The van der Waals surface area contributed by atoms with Crippen molar-refractivity contribution >= 4 is 21.4 Å². The second kappa shape index (κ2) is 5.76. The first-order valence-electron chi connectivity index (χ1n) is 6.81. The number of ether oxygens (including phenoxy) is 1. The van der Waals surface area contributed by atoms with Crippen molar-refractivity contribution in [2.75, 3.05) is 12.4 Å². The molecule has 0 aliphatic carbocycles. The van der Waals surface area contributed by atoms with Crippen molar-refractivity contribution in [2.45, 2.75) is 19.9 Å². The van der Waals surface area contributed by atoms with Gasteiger partial charge in [-0.3, -0.25) is 4.79 Å². The van der Waals surface area contributed by atoms with Crippen molar-refractivity contribution in [3.05, 3.63) is 33.9 Å². The Morgan fingerprint density at radius 1 is 1.41 bits per heavy atom. The Kier molecular flexibility index (Phi) is 3.80. The monoisotopic (exact) mass is 320 g/mol. The number of aromatic nitrogens is 5. The Morgan fingerprint density at radius 3 is 2.91 bits per heavy atom. The first kappa shape index (κ1) is 14.5. The molecule has 0 aromatic carbocycles. The molecule has 0 aliphatic rings. The summed E-state index contributed by atoms with van der Waals surface area (Å²) < 4.78 is 8.41. The zero-order valence-corrected chi connectivity index (χ0v) is 13.3. The third kappa shape index (κ3) is 2.43. The van der Waals surface area contributed by atoms with Crippen LogP contribution < -0.4 is 15.6 Å². The van der Waals surface area contributed by atoms with Crippen LogP contribution in [0.5, 0.6) is 5.88 Å². The highest BCUT2D eigenvalue weighted by molar-refractivity contribution is 7.20. The minimum absolute atomic E-state index is 0.192. The molecule has 22 heavy (non-hydrogen) atoms. The van der Waals surface area contributed by atoms with Crippen LogP contribution in [-0.4, -0.2) is 31.5 Å². The lowest BCUT2D eigenvalue weighted by molar-refractivity contribution is 0.370. The lowest BCUT2D eigenvalue weighted by Gasteiger charge is -2.05. The molecule has 8 nitrogen and oxygen atoms in total. The van der Waals surface area contributed by atoms with Gasteiger partial charge in [0, 0.05) is 25.9 Å². The van der Waals surface area contributed by atoms with Gasteiger partial charge in [-0.2, -0.15) is 9.61 Å². The van der Waals surface area contributed by atoms with Crippen LogP contribution in [0.2, 0.25) is 0 Å². The molecule has 0 unspecified atom stereocenters. The number of nitrogens with one attached hydrogen (secondary N) is 1. The second-order valence-corrected chi connectivity index (χ2v) is 5.61. The summed E-state index contributed by atoms with van der Waals surface area (Å²) in [7, 11) is 3.48. The van der Waals surface area contributed by atoms with Crippen molar-refractivity contribution in [1.29, 1.82) is 0 Å². The van der Waals surface area contributed by atoms with E-state index in [1.807, 2.05) is 14.0 Å². The summed E-state index contributed by atoms with van der Waals surface area (Å²) in [4.78, 5) is 16.4. The number of rotatable bonds is 5. The summed E-state index contributed by atoms with van der Waals surface area (Å²) >= 11 is 1.33. The van der Waals surface area contributed by atoms with Crippen LogP contribution >= 0.6 is 11.3 Å². The summed E-state index contributed by atoms with van der Waals surface area (Å²) in [5.74, 6) is 0.723. The van der Waals surface area contributed by atoms with E-state index < -0.39 is 0 Å². The zero-order chi connectivity index (χ0) is 15.7. The molecule has 3 rings (SSSR count). The number of methoxy groups -OCH3 is 1. The highest BCUT2D eigenvalue weighted by Crippen LogP contribution is 2.24. The molecule has 9 heteroatoms. The van der Waals surface area contributed by atoms with Gasteiger partial charge >= 0.3 is 0 Å². The van der Waals surface area contributed by atoms with Gasteiger partial charge in [0.1, 0.15) is 0 Å². The Hall–Kier alpha value is -2.42. The van der Waals surface area contributed by atoms with Gasteiger partial charge in [-0.05, 0) is 6.42 Å². The predicted molar refractivity (Wildman–Crippen MR) is 83.6 cm³/mol. The van der Waals surface area contributed by atoms with E-state index in [1.54, 1.807) is 11.8 Å². The maximum absolute atomic E-state index is 11.7. The van der Waals surface area contributed by atoms with Gasteiger partial charge in [0.25, 0.3) is 5.56 Å². The van der Waals surface area contributed by atoms with Crippen LogP contribution in [0.15, 0.2) is 17.1 Å². The van der Waals surface area contributed by atoms with E-state index in [2.05, 4.69) is 20.5 Å². The van der Waals surface area contributed by atoms with Crippen molar-refractivity contribution < 1.29 is 4.74 Å². The van der Waals surface area contributed by atoms with Gasteiger partial charge in [0.2, 0.25) is 16.0 Å². The number of nitrogens with zero attached hydrogens (tertiary/aromatic N) is 5. The van der Waals surface area contributed by atoms with Crippen molar-refractivity contribution in [3.8, 4) is 5.88 Å². The number of aryl methyl sites for hydroxylation is 2. The molecule has 3 heterocycles. The SMILES string of the molecule is CCc1nn(C)c(OC)c1CNc1nn2c(=O)ccnc2s1. The molecule has 0 saturated heterocycles. The van der Waals surface area contributed by atoms with E-state index in [1.165, 1.54) is 28.1 Å². The summed E-state index contributed by atoms with van der Waals surface area (Å²) in [6, 6.07) is 1.38. The standard InChI is InChI=1S/C13H16N6O2S/c1-4-9-8(11(21-3)18(2)16-9)7-15-12-17-19-10(20)5-6-14-13(19)22-12/h5-6H,4,7H2,1-3H3,(H,15,17). The van der Waals surface area contributed by atoms with Crippen molar-refractivity contribution in [1.82, 2.24) is 24.4 Å². The van der Waals surface area contributed by atoms with Crippen LogP contribution in [0.4, 0.5) is 5.13 Å². The number of anilines is 1. The van der Waals surface area contributed by atoms with Gasteiger partial charge in [-0.1, -0.05) is 18.3 Å². The maximum atomic E-state index is 11.7. The molecule has 116 valence electrons. The highest BCUT2D eigenvalue weighted by Gasteiger charge is 2.16. The summed E-state index contributed by atoms with van der Waals surface area (Å²) in [5.41, 5.74) is 1.78. The lowest BCUT2D eigenvalue weighted by Crippen LogP contribution is -2.12. The molecule has 0 fully saturated rings. The second-order valence-electron chi connectivity index (χ2n) is 4.65. The summed E-state index contributed by atoms with van der Waals surface area (Å²) in [5, 5.41) is 12.5. The third-order valence-electron chi connectivity index (χ3n) is 3.29.